The number of carbonyl (C=O) groups is 1. The first kappa shape index (κ1) is 17.3. The largest absolute Gasteiger partial charge is 0.504 e. The fourth-order valence-electron chi connectivity index (χ4n) is 2.38. The Morgan fingerprint density at radius 3 is 2.88 bits per heavy atom. The topological polar surface area (TPSA) is 93.3 Å². The lowest BCUT2D eigenvalue weighted by Crippen LogP contribution is -2.16. The van der Waals surface area contributed by atoms with Gasteiger partial charge in [-0.1, -0.05) is 0 Å². The monoisotopic (exact) mass is 354 g/mol. The lowest BCUT2D eigenvalue weighted by molar-refractivity contribution is 0.0929. The Balaban J connectivity index is 1.70. The van der Waals surface area contributed by atoms with Gasteiger partial charge in [0, 0.05) is 5.39 Å². The summed E-state index contributed by atoms with van der Waals surface area (Å²) in [5, 5.41) is 14.2. The number of carbonyl (C=O) groups excluding carboxylic acids is 1. The number of hydrogen-bond acceptors (Lipinski definition) is 6. The van der Waals surface area contributed by atoms with Gasteiger partial charge in [-0.2, -0.15) is 5.10 Å². The first-order valence-corrected chi connectivity index (χ1v) is 7.97. The van der Waals surface area contributed by atoms with Crippen molar-refractivity contribution in [1.29, 1.82) is 0 Å². The van der Waals surface area contributed by atoms with Crippen LogP contribution in [0.25, 0.3) is 11.0 Å². The molecule has 7 nitrogen and oxygen atoms in total. The number of hydrogen-bond donors (Lipinski definition) is 2. The molecule has 0 fully saturated rings. The first-order chi connectivity index (χ1) is 12.6. The number of furan rings is 1. The van der Waals surface area contributed by atoms with Crippen LogP contribution in [0, 0.1) is 0 Å². The molecule has 26 heavy (non-hydrogen) atoms. The van der Waals surface area contributed by atoms with E-state index in [1.165, 1.54) is 19.4 Å². The summed E-state index contributed by atoms with van der Waals surface area (Å²) in [6.07, 6.45) is 1.44. The van der Waals surface area contributed by atoms with Gasteiger partial charge in [-0.05, 0) is 55.0 Å². The van der Waals surface area contributed by atoms with E-state index in [1.807, 2.05) is 13.0 Å². The molecule has 1 heterocycles. The Morgan fingerprint density at radius 1 is 1.27 bits per heavy atom. The minimum atomic E-state index is -0.471. The quantitative estimate of drug-likeness (QED) is 0.523. The molecule has 2 aromatic carbocycles. The zero-order valence-electron chi connectivity index (χ0n) is 14.4. The molecule has 0 aliphatic heterocycles. The molecule has 0 radical (unpaired) electrons. The fourth-order valence-corrected chi connectivity index (χ4v) is 2.38. The summed E-state index contributed by atoms with van der Waals surface area (Å²) in [6.45, 7) is 2.47. The van der Waals surface area contributed by atoms with Crippen LogP contribution in [-0.4, -0.2) is 30.9 Å². The Hall–Kier alpha value is -3.48. The van der Waals surface area contributed by atoms with E-state index in [4.69, 9.17) is 13.9 Å². The number of rotatable bonds is 6. The van der Waals surface area contributed by atoms with Gasteiger partial charge < -0.3 is 19.0 Å². The van der Waals surface area contributed by atoms with E-state index >= 15 is 0 Å². The lowest BCUT2D eigenvalue weighted by atomic mass is 10.2. The van der Waals surface area contributed by atoms with Gasteiger partial charge in [-0.25, -0.2) is 5.43 Å². The van der Waals surface area contributed by atoms with E-state index in [0.29, 0.717) is 29.3 Å². The predicted molar refractivity (Wildman–Crippen MR) is 97.1 cm³/mol. The van der Waals surface area contributed by atoms with Crippen LogP contribution in [0.15, 0.2) is 52.0 Å². The van der Waals surface area contributed by atoms with E-state index in [2.05, 4.69) is 10.5 Å². The highest BCUT2D eigenvalue weighted by atomic mass is 16.5. The number of phenols is 1. The van der Waals surface area contributed by atoms with Crippen molar-refractivity contribution in [2.24, 2.45) is 5.10 Å². The third kappa shape index (κ3) is 3.77. The van der Waals surface area contributed by atoms with Crippen molar-refractivity contribution in [1.82, 2.24) is 5.43 Å². The molecule has 0 aliphatic carbocycles. The van der Waals surface area contributed by atoms with Crippen molar-refractivity contribution >= 4 is 23.1 Å². The van der Waals surface area contributed by atoms with Crippen LogP contribution < -0.4 is 14.9 Å². The van der Waals surface area contributed by atoms with Gasteiger partial charge in [0.2, 0.25) is 0 Å². The zero-order chi connectivity index (χ0) is 18.5. The van der Waals surface area contributed by atoms with Gasteiger partial charge >= 0.3 is 5.91 Å². The van der Waals surface area contributed by atoms with Crippen molar-refractivity contribution in [2.45, 2.75) is 6.92 Å². The second-order valence-corrected chi connectivity index (χ2v) is 5.37. The SMILES string of the molecule is CCOc1ccc2oc(C(=O)N/N=C/c3ccc(O)c(OC)c3)cc2c1. The van der Waals surface area contributed by atoms with E-state index in [0.717, 1.165) is 5.39 Å². The first-order valence-electron chi connectivity index (χ1n) is 7.97. The minimum Gasteiger partial charge on any atom is -0.504 e. The summed E-state index contributed by atoms with van der Waals surface area (Å²) in [5.74, 6) is 0.743. The van der Waals surface area contributed by atoms with Crippen LogP contribution in [0.4, 0.5) is 0 Å². The number of methoxy groups -OCH3 is 1. The number of amides is 1. The third-order valence-electron chi connectivity index (χ3n) is 3.61. The Labute approximate surface area is 149 Å². The number of fused-ring (bicyclic) bond motifs is 1. The van der Waals surface area contributed by atoms with E-state index in [-0.39, 0.29) is 11.5 Å². The smallest absolute Gasteiger partial charge is 0.307 e. The summed E-state index contributed by atoms with van der Waals surface area (Å²) in [5.41, 5.74) is 3.65. The normalized spacial score (nSPS) is 11.0. The van der Waals surface area contributed by atoms with Crippen molar-refractivity contribution in [3.05, 3.63) is 53.8 Å². The van der Waals surface area contributed by atoms with E-state index in [9.17, 15) is 9.90 Å². The predicted octanol–water partition coefficient (Wildman–Crippen LogP) is 3.31. The zero-order valence-corrected chi connectivity index (χ0v) is 14.4. The molecule has 0 saturated heterocycles. The molecule has 7 heteroatoms. The number of phenolic OH excluding ortho intramolecular Hbond substituents is 1. The van der Waals surface area contributed by atoms with E-state index in [1.54, 1.807) is 30.3 Å². The van der Waals surface area contributed by atoms with Crippen LogP contribution >= 0.6 is 0 Å². The fraction of sp³-hybridized carbons (Fsp3) is 0.158. The molecule has 0 bridgehead atoms. The average Bonchev–Trinajstić information content (AvgIpc) is 3.07. The summed E-state index contributed by atoms with van der Waals surface area (Å²) in [4.78, 5) is 12.2. The molecular formula is C19H18N2O5. The van der Waals surface area contributed by atoms with Crippen LogP contribution in [0.1, 0.15) is 23.0 Å². The second-order valence-electron chi connectivity index (χ2n) is 5.37. The molecule has 3 aromatic rings. The van der Waals surface area contributed by atoms with E-state index < -0.39 is 5.91 Å². The van der Waals surface area contributed by atoms with Crippen molar-refractivity contribution < 1.29 is 23.8 Å². The highest BCUT2D eigenvalue weighted by Crippen LogP contribution is 2.26. The van der Waals surface area contributed by atoms with Crippen LogP contribution in [-0.2, 0) is 0 Å². The average molecular weight is 354 g/mol. The summed E-state index contributed by atoms with van der Waals surface area (Å²) in [6, 6.07) is 11.7. The highest BCUT2D eigenvalue weighted by Gasteiger charge is 2.12. The van der Waals surface area contributed by atoms with Crippen molar-refractivity contribution in [3.63, 3.8) is 0 Å². The van der Waals surface area contributed by atoms with Crippen molar-refractivity contribution in [3.8, 4) is 17.2 Å². The van der Waals surface area contributed by atoms with Gasteiger partial charge in [0.15, 0.2) is 17.3 Å². The van der Waals surface area contributed by atoms with Gasteiger partial charge in [-0.3, -0.25) is 4.79 Å². The molecule has 1 amide bonds. The van der Waals surface area contributed by atoms with Gasteiger partial charge in [0.25, 0.3) is 0 Å². The number of aromatic hydroxyl groups is 1. The molecule has 134 valence electrons. The number of nitrogens with one attached hydrogen (secondary N) is 1. The van der Waals surface area contributed by atoms with Gasteiger partial charge in [0.1, 0.15) is 11.3 Å². The Kier molecular flexibility index (Phi) is 5.07. The third-order valence-corrected chi connectivity index (χ3v) is 3.61. The standard InChI is InChI=1S/C19H18N2O5/c1-3-25-14-5-7-16-13(9-14)10-18(26-16)19(23)21-20-11-12-4-6-15(22)17(8-12)24-2/h4-11,22H,3H2,1-2H3,(H,21,23)/b20-11+. The molecule has 0 spiro atoms. The Bertz CT molecular complexity index is 962. The summed E-state index contributed by atoms with van der Waals surface area (Å²) >= 11 is 0. The van der Waals surface area contributed by atoms with Crippen molar-refractivity contribution in [2.75, 3.05) is 13.7 Å². The molecule has 0 aliphatic rings. The molecular weight excluding hydrogens is 336 g/mol. The summed E-state index contributed by atoms with van der Waals surface area (Å²) < 4.78 is 16.0. The highest BCUT2D eigenvalue weighted by molar-refractivity contribution is 5.96. The number of hydrazone groups is 1. The van der Waals surface area contributed by atoms with Crippen LogP contribution in [0.2, 0.25) is 0 Å². The van der Waals surface area contributed by atoms with Gasteiger partial charge in [0.05, 0.1) is 19.9 Å². The molecule has 0 saturated carbocycles. The summed E-state index contributed by atoms with van der Waals surface area (Å²) in [7, 11) is 1.45. The van der Waals surface area contributed by atoms with Gasteiger partial charge in [-0.15, -0.1) is 0 Å². The van der Waals surface area contributed by atoms with Crippen LogP contribution in [0.5, 0.6) is 17.2 Å². The molecule has 0 atom stereocenters. The Morgan fingerprint density at radius 2 is 2.12 bits per heavy atom. The molecule has 2 N–H and O–H groups in total. The van der Waals surface area contributed by atoms with Crippen LogP contribution in [0.3, 0.4) is 0 Å². The maximum Gasteiger partial charge on any atom is 0.307 e. The molecule has 1 aromatic heterocycles. The molecule has 3 rings (SSSR count). The minimum absolute atomic E-state index is 0.0300. The second kappa shape index (κ2) is 7.60. The number of nitrogens with zero attached hydrogens (tertiary/aromatic N) is 1. The number of ether oxygens (including phenoxy) is 2. The number of benzene rings is 2. The lowest BCUT2D eigenvalue weighted by Gasteiger charge is -2.03. The molecule has 0 unspecified atom stereocenters. The maximum absolute atomic E-state index is 12.2. The maximum atomic E-state index is 12.2.